The molecule has 2 aromatic heterocycles. The molecule has 3 rings (SSSR count). The van der Waals surface area contributed by atoms with E-state index in [4.69, 9.17) is 0 Å². The zero-order chi connectivity index (χ0) is 13.2. The van der Waals surface area contributed by atoms with Gasteiger partial charge in [0.1, 0.15) is 0 Å². The van der Waals surface area contributed by atoms with Gasteiger partial charge in [0.25, 0.3) is 0 Å². The lowest BCUT2D eigenvalue weighted by molar-refractivity contribution is 0.325. The standard InChI is InChI=1S/C15H20N4/c1-12-10-13(2)17-15(16-12)19-9-5-6-14(19)11-18-7-3-4-8-18/h5-6,9-10H,3-4,7-8,11H2,1-2H3. The van der Waals surface area contributed by atoms with Gasteiger partial charge in [-0.05, 0) is 58.0 Å². The highest BCUT2D eigenvalue weighted by Crippen LogP contribution is 2.16. The van der Waals surface area contributed by atoms with Crippen molar-refractivity contribution in [2.75, 3.05) is 13.1 Å². The van der Waals surface area contributed by atoms with Crippen molar-refractivity contribution in [2.45, 2.75) is 33.2 Å². The number of likely N-dealkylation sites (tertiary alicyclic amines) is 1. The fourth-order valence-electron chi connectivity index (χ4n) is 2.73. The minimum Gasteiger partial charge on any atom is -0.298 e. The Balaban J connectivity index is 1.90. The normalized spacial score (nSPS) is 16.1. The number of rotatable bonds is 3. The third-order valence-corrected chi connectivity index (χ3v) is 3.60. The highest BCUT2D eigenvalue weighted by molar-refractivity contribution is 5.24. The number of hydrogen-bond acceptors (Lipinski definition) is 3. The van der Waals surface area contributed by atoms with Gasteiger partial charge in [-0.25, -0.2) is 9.97 Å². The van der Waals surface area contributed by atoms with Gasteiger partial charge in [0.2, 0.25) is 5.95 Å². The topological polar surface area (TPSA) is 34.0 Å². The molecule has 0 bridgehead atoms. The summed E-state index contributed by atoms with van der Waals surface area (Å²) in [6.07, 6.45) is 4.70. The molecule has 1 saturated heterocycles. The molecule has 3 heterocycles. The van der Waals surface area contributed by atoms with Crippen molar-refractivity contribution in [1.29, 1.82) is 0 Å². The molecular weight excluding hydrogens is 236 g/mol. The summed E-state index contributed by atoms with van der Waals surface area (Å²) < 4.78 is 2.11. The Labute approximate surface area is 114 Å². The summed E-state index contributed by atoms with van der Waals surface area (Å²) in [5.41, 5.74) is 3.30. The summed E-state index contributed by atoms with van der Waals surface area (Å²) in [5.74, 6) is 0.789. The molecule has 0 aromatic carbocycles. The lowest BCUT2D eigenvalue weighted by Crippen LogP contribution is -2.20. The lowest BCUT2D eigenvalue weighted by atomic mass is 10.3. The molecule has 0 atom stereocenters. The number of hydrogen-bond donors (Lipinski definition) is 0. The van der Waals surface area contributed by atoms with Crippen LogP contribution in [0.5, 0.6) is 0 Å². The van der Waals surface area contributed by atoms with Crippen molar-refractivity contribution in [3.05, 3.63) is 41.5 Å². The van der Waals surface area contributed by atoms with Crippen LogP contribution in [0.2, 0.25) is 0 Å². The number of nitrogens with zero attached hydrogens (tertiary/aromatic N) is 4. The van der Waals surface area contributed by atoms with Crippen LogP contribution in [-0.2, 0) is 6.54 Å². The van der Waals surface area contributed by atoms with E-state index < -0.39 is 0 Å². The molecule has 0 spiro atoms. The van der Waals surface area contributed by atoms with Gasteiger partial charge in [0.05, 0.1) is 0 Å². The molecule has 1 aliphatic rings. The second-order valence-corrected chi connectivity index (χ2v) is 5.30. The maximum Gasteiger partial charge on any atom is 0.234 e. The van der Waals surface area contributed by atoms with Gasteiger partial charge in [-0.3, -0.25) is 9.47 Å². The van der Waals surface area contributed by atoms with Crippen LogP contribution in [0.1, 0.15) is 29.9 Å². The van der Waals surface area contributed by atoms with E-state index in [0.717, 1.165) is 23.9 Å². The van der Waals surface area contributed by atoms with Crippen molar-refractivity contribution in [2.24, 2.45) is 0 Å². The summed E-state index contributed by atoms with van der Waals surface area (Å²) in [6.45, 7) is 7.44. The molecule has 0 amide bonds. The molecular formula is C15H20N4. The van der Waals surface area contributed by atoms with E-state index in [1.807, 2.05) is 19.9 Å². The van der Waals surface area contributed by atoms with E-state index in [9.17, 15) is 0 Å². The second kappa shape index (κ2) is 5.13. The first kappa shape index (κ1) is 12.4. The van der Waals surface area contributed by atoms with Crippen molar-refractivity contribution in [3.63, 3.8) is 0 Å². The predicted octanol–water partition coefficient (Wildman–Crippen LogP) is 2.48. The van der Waals surface area contributed by atoms with Crippen LogP contribution in [0.15, 0.2) is 24.4 Å². The molecule has 1 fully saturated rings. The van der Waals surface area contributed by atoms with Crippen LogP contribution in [0, 0.1) is 13.8 Å². The minimum atomic E-state index is 0.789. The highest BCUT2D eigenvalue weighted by atomic mass is 15.2. The smallest absolute Gasteiger partial charge is 0.234 e. The molecule has 0 aliphatic carbocycles. The summed E-state index contributed by atoms with van der Waals surface area (Å²) in [4.78, 5) is 11.6. The lowest BCUT2D eigenvalue weighted by Gasteiger charge is -2.16. The zero-order valence-electron chi connectivity index (χ0n) is 11.6. The van der Waals surface area contributed by atoms with E-state index in [0.29, 0.717) is 0 Å². The molecule has 4 heteroatoms. The fourth-order valence-corrected chi connectivity index (χ4v) is 2.73. The van der Waals surface area contributed by atoms with Gasteiger partial charge in [-0.1, -0.05) is 0 Å². The van der Waals surface area contributed by atoms with Crippen LogP contribution in [0.25, 0.3) is 5.95 Å². The maximum absolute atomic E-state index is 4.55. The van der Waals surface area contributed by atoms with Crippen LogP contribution in [-0.4, -0.2) is 32.5 Å². The van der Waals surface area contributed by atoms with Crippen LogP contribution < -0.4 is 0 Å². The Bertz CT molecular complexity index is 547. The van der Waals surface area contributed by atoms with Crippen LogP contribution >= 0.6 is 0 Å². The molecule has 2 aromatic rings. The van der Waals surface area contributed by atoms with Crippen molar-refractivity contribution >= 4 is 0 Å². The molecule has 0 unspecified atom stereocenters. The van der Waals surface area contributed by atoms with Gasteiger partial charge >= 0.3 is 0 Å². The summed E-state index contributed by atoms with van der Waals surface area (Å²) >= 11 is 0. The second-order valence-electron chi connectivity index (χ2n) is 5.30. The average Bonchev–Trinajstić information content (AvgIpc) is 2.99. The third-order valence-electron chi connectivity index (χ3n) is 3.60. The van der Waals surface area contributed by atoms with E-state index >= 15 is 0 Å². The molecule has 0 saturated carbocycles. The van der Waals surface area contributed by atoms with E-state index in [1.165, 1.54) is 31.6 Å². The number of aromatic nitrogens is 3. The van der Waals surface area contributed by atoms with Crippen LogP contribution in [0.3, 0.4) is 0 Å². The molecule has 0 N–H and O–H groups in total. The summed E-state index contributed by atoms with van der Waals surface area (Å²) in [5, 5.41) is 0. The molecule has 4 nitrogen and oxygen atoms in total. The SMILES string of the molecule is Cc1cc(C)nc(-n2cccc2CN2CCCC2)n1. The first-order chi connectivity index (χ1) is 9.22. The summed E-state index contributed by atoms with van der Waals surface area (Å²) in [6, 6.07) is 6.25. The van der Waals surface area contributed by atoms with Gasteiger partial charge in [0, 0.05) is 29.8 Å². The zero-order valence-corrected chi connectivity index (χ0v) is 11.6. The third kappa shape index (κ3) is 2.68. The first-order valence-corrected chi connectivity index (χ1v) is 6.93. The molecule has 1 aliphatic heterocycles. The largest absolute Gasteiger partial charge is 0.298 e. The van der Waals surface area contributed by atoms with Gasteiger partial charge in [-0.2, -0.15) is 0 Å². The van der Waals surface area contributed by atoms with Crippen molar-refractivity contribution in [1.82, 2.24) is 19.4 Å². The Morgan fingerprint density at radius 1 is 1.11 bits per heavy atom. The van der Waals surface area contributed by atoms with Gasteiger partial charge in [0.15, 0.2) is 0 Å². The first-order valence-electron chi connectivity index (χ1n) is 6.93. The Morgan fingerprint density at radius 3 is 2.47 bits per heavy atom. The predicted molar refractivity (Wildman–Crippen MR) is 75.3 cm³/mol. The summed E-state index contributed by atoms with van der Waals surface area (Å²) in [7, 11) is 0. The van der Waals surface area contributed by atoms with E-state index in [1.54, 1.807) is 0 Å². The minimum absolute atomic E-state index is 0.789. The monoisotopic (exact) mass is 256 g/mol. The average molecular weight is 256 g/mol. The molecule has 19 heavy (non-hydrogen) atoms. The Morgan fingerprint density at radius 2 is 1.79 bits per heavy atom. The van der Waals surface area contributed by atoms with Gasteiger partial charge in [-0.15, -0.1) is 0 Å². The molecule has 100 valence electrons. The highest BCUT2D eigenvalue weighted by Gasteiger charge is 2.15. The number of aryl methyl sites for hydroxylation is 2. The quantitative estimate of drug-likeness (QED) is 0.846. The van der Waals surface area contributed by atoms with E-state index in [2.05, 4.69) is 37.8 Å². The molecule has 0 radical (unpaired) electrons. The fraction of sp³-hybridized carbons (Fsp3) is 0.467. The van der Waals surface area contributed by atoms with E-state index in [-0.39, 0.29) is 0 Å². The Hall–Kier alpha value is -1.68. The van der Waals surface area contributed by atoms with Crippen LogP contribution in [0.4, 0.5) is 0 Å². The Kier molecular flexibility index (Phi) is 3.34. The van der Waals surface area contributed by atoms with Gasteiger partial charge < -0.3 is 0 Å². The maximum atomic E-state index is 4.55. The van der Waals surface area contributed by atoms with Crippen molar-refractivity contribution in [3.8, 4) is 5.95 Å². The van der Waals surface area contributed by atoms with Crippen molar-refractivity contribution < 1.29 is 0 Å².